The van der Waals surface area contributed by atoms with Crippen molar-refractivity contribution in [2.24, 2.45) is 5.73 Å². The molecule has 0 saturated heterocycles. The van der Waals surface area contributed by atoms with E-state index in [9.17, 15) is 0 Å². The van der Waals surface area contributed by atoms with Gasteiger partial charge in [0.25, 0.3) is 5.88 Å². The lowest BCUT2D eigenvalue weighted by Gasteiger charge is -2.22. The smallest absolute Gasteiger partial charge is 0.251 e. The van der Waals surface area contributed by atoms with E-state index in [1.165, 1.54) is 6.20 Å². The molecule has 0 saturated carbocycles. The van der Waals surface area contributed by atoms with E-state index < -0.39 is 5.54 Å². The average molecular weight is 206 g/mol. The van der Waals surface area contributed by atoms with Crippen molar-refractivity contribution in [2.75, 3.05) is 6.61 Å². The Morgan fingerprint density at radius 1 is 1.67 bits per heavy atom. The molecule has 1 atom stereocenters. The third kappa shape index (κ3) is 3.18. The summed E-state index contributed by atoms with van der Waals surface area (Å²) in [6, 6.07) is 3.54. The first-order valence-electron chi connectivity index (χ1n) is 4.72. The Kier molecular flexibility index (Phi) is 3.58. The minimum absolute atomic E-state index is 0.241. The summed E-state index contributed by atoms with van der Waals surface area (Å²) in [5.41, 5.74) is 5.86. The molecule has 1 aromatic heterocycles. The largest absolute Gasteiger partial charge is 0.474 e. The summed E-state index contributed by atoms with van der Waals surface area (Å²) in [6.45, 7) is 4.18. The number of rotatable bonds is 4. The number of nitriles is 1. The van der Waals surface area contributed by atoms with Gasteiger partial charge in [-0.15, -0.1) is 5.10 Å². The molecular weight excluding hydrogens is 192 g/mol. The van der Waals surface area contributed by atoms with Crippen molar-refractivity contribution in [3.05, 3.63) is 17.8 Å². The van der Waals surface area contributed by atoms with Crippen LogP contribution in [0.25, 0.3) is 0 Å². The number of hydrogen-bond acceptors (Lipinski definition) is 5. The Morgan fingerprint density at radius 3 is 3.00 bits per heavy atom. The van der Waals surface area contributed by atoms with Crippen molar-refractivity contribution < 1.29 is 4.74 Å². The summed E-state index contributed by atoms with van der Waals surface area (Å²) in [5, 5.41) is 16.2. The number of nitrogens with two attached hydrogens (primary N) is 1. The normalized spacial score (nSPS) is 14.0. The molecule has 0 amide bonds. The zero-order chi connectivity index (χ0) is 11.3. The van der Waals surface area contributed by atoms with Crippen LogP contribution in [0.1, 0.15) is 25.8 Å². The van der Waals surface area contributed by atoms with Gasteiger partial charge in [0.05, 0.1) is 6.20 Å². The molecule has 0 bridgehead atoms. The molecule has 2 N–H and O–H groups in total. The van der Waals surface area contributed by atoms with Crippen LogP contribution >= 0.6 is 0 Å². The fourth-order valence-electron chi connectivity index (χ4n) is 0.846. The van der Waals surface area contributed by atoms with Crippen molar-refractivity contribution >= 4 is 0 Å². The van der Waals surface area contributed by atoms with Gasteiger partial charge in [0, 0.05) is 5.54 Å². The van der Waals surface area contributed by atoms with Gasteiger partial charge in [-0.1, -0.05) is 6.92 Å². The van der Waals surface area contributed by atoms with E-state index in [1.54, 1.807) is 6.07 Å². The lowest BCUT2D eigenvalue weighted by Crippen LogP contribution is -2.41. The fraction of sp³-hybridized carbons (Fsp3) is 0.500. The fourth-order valence-corrected chi connectivity index (χ4v) is 0.846. The van der Waals surface area contributed by atoms with Gasteiger partial charge < -0.3 is 10.5 Å². The number of hydrogen-bond donors (Lipinski definition) is 1. The molecule has 0 fully saturated rings. The van der Waals surface area contributed by atoms with Crippen LogP contribution < -0.4 is 10.5 Å². The third-order valence-corrected chi connectivity index (χ3v) is 2.15. The van der Waals surface area contributed by atoms with Crippen molar-refractivity contribution in [3.8, 4) is 11.9 Å². The predicted octanol–water partition coefficient (Wildman–Crippen LogP) is 0.854. The minimum atomic E-state index is -0.412. The van der Waals surface area contributed by atoms with E-state index in [-0.39, 0.29) is 5.88 Å². The van der Waals surface area contributed by atoms with E-state index in [2.05, 4.69) is 10.2 Å². The number of ether oxygens (including phenoxy) is 1. The molecule has 80 valence electrons. The highest BCUT2D eigenvalue weighted by Gasteiger charge is 2.17. The van der Waals surface area contributed by atoms with Crippen LogP contribution in [0.15, 0.2) is 12.3 Å². The van der Waals surface area contributed by atoms with Crippen LogP contribution in [0, 0.1) is 11.3 Å². The maximum atomic E-state index is 8.78. The summed E-state index contributed by atoms with van der Waals surface area (Å²) in [4.78, 5) is 0. The lowest BCUT2D eigenvalue weighted by atomic mass is 10.0. The highest BCUT2D eigenvalue weighted by Crippen LogP contribution is 2.14. The van der Waals surface area contributed by atoms with Gasteiger partial charge in [-0.3, -0.25) is 0 Å². The summed E-state index contributed by atoms with van der Waals surface area (Å²) >= 11 is 0. The van der Waals surface area contributed by atoms with Crippen LogP contribution in [0.3, 0.4) is 0 Å². The molecular formula is C10H14N4O. The van der Waals surface area contributed by atoms with Gasteiger partial charge in [0.15, 0.2) is 0 Å². The van der Waals surface area contributed by atoms with Gasteiger partial charge in [0.1, 0.15) is 18.2 Å². The Morgan fingerprint density at radius 2 is 2.40 bits per heavy atom. The minimum Gasteiger partial charge on any atom is -0.474 e. The Bertz CT molecular complexity index is 370. The van der Waals surface area contributed by atoms with E-state index in [4.69, 9.17) is 15.7 Å². The first-order chi connectivity index (χ1) is 7.09. The molecule has 1 aromatic rings. The highest BCUT2D eigenvalue weighted by molar-refractivity contribution is 5.35. The molecule has 0 spiro atoms. The topological polar surface area (TPSA) is 84.8 Å². The maximum Gasteiger partial charge on any atom is 0.251 e. The quantitative estimate of drug-likeness (QED) is 0.789. The van der Waals surface area contributed by atoms with Gasteiger partial charge in [-0.2, -0.15) is 10.4 Å². The molecule has 1 heterocycles. The Hall–Kier alpha value is -1.67. The van der Waals surface area contributed by atoms with Crippen LogP contribution in [0.2, 0.25) is 0 Å². The molecule has 0 aliphatic carbocycles. The van der Waals surface area contributed by atoms with Crippen LogP contribution in [0.5, 0.6) is 5.88 Å². The summed E-state index contributed by atoms with van der Waals surface area (Å²) in [7, 11) is 0. The maximum absolute atomic E-state index is 8.78. The second-order valence-electron chi connectivity index (χ2n) is 3.66. The second-order valence-corrected chi connectivity index (χ2v) is 3.66. The van der Waals surface area contributed by atoms with Crippen LogP contribution in [-0.4, -0.2) is 22.3 Å². The van der Waals surface area contributed by atoms with Crippen LogP contribution in [-0.2, 0) is 0 Å². The Balaban J connectivity index is 2.70. The zero-order valence-electron chi connectivity index (χ0n) is 8.90. The van der Waals surface area contributed by atoms with E-state index in [0.717, 1.165) is 6.42 Å². The van der Waals surface area contributed by atoms with E-state index in [1.807, 2.05) is 19.9 Å². The lowest BCUT2D eigenvalue weighted by molar-refractivity contribution is 0.216. The summed E-state index contributed by atoms with van der Waals surface area (Å²) in [5.74, 6) is 0.241. The van der Waals surface area contributed by atoms with E-state index in [0.29, 0.717) is 12.2 Å². The first-order valence-corrected chi connectivity index (χ1v) is 4.72. The predicted molar refractivity (Wildman–Crippen MR) is 55.1 cm³/mol. The van der Waals surface area contributed by atoms with Gasteiger partial charge >= 0.3 is 0 Å². The molecule has 15 heavy (non-hydrogen) atoms. The zero-order valence-corrected chi connectivity index (χ0v) is 8.90. The standard InChI is InChI=1S/C10H14N4O/c1-3-10(2,12)7-15-9-8(6-11)4-5-13-14-9/h4-5H,3,7,12H2,1-2H3. The molecule has 1 unspecified atom stereocenters. The molecule has 0 aliphatic heterocycles. The highest BCUT2D eigenvalue weighted by atomic mass is 16.5. The third-order valence-electron chi connectivity index (χ3n) is 2.15. The van der Waals surface area contributed by atoms with E-state index >= 15 is 0 Å². The Labute approximate surface area is 88.9 Å². The van der Waals surface area contributed by atoms with Crippen molar-refractivity contribution in [2.45, 2.75) is 25.8 Å². The van der Waals surface area contributed by atoms with Crippen LogP contribution in [0.4, 0.5) is 0 Å². The number of nitrogens with zero attached hydrogens (tertiary/aromatic N) is 3. The average Bonchev–Trinajstić information content (AvgIpc) is 2.27. The van der Waals surface area contributed by atoms with Gasteiger partial charge in [0.2, 0.25) is 0 Å². The molecule has 0 radical (unpaired) electrons. The molecule has 1 rings (SSSR count). The molecule has 0 aromatic carbocycles. The molecule has 5 heteroatoms. The van der Waals surface area contributed by atoms with Gasteiger partial charge in [-0.25, -0.2) is 0 Å². The molecule has 5 nitrogen and oxygen atoms in total. The van der Waals surface area contributed by atoms with Crippen molar-refractivity contribution in [3.63, 3.8) is 0 Å². The summed E-state index contributed by atoms with van der Waals surface area (Å²) in [6.07, 6.45) is 2.24. The number of aromatic nitrogens is 2. The second kappa shape index (κ2) is 4.71. The first kappa shape index (κ1) is 11.4. The molecule has 0 aliphatic rings. The SMILES string of the molecule is CCC(C)(N)COc1nnccc1C#N. The summed E-state index contributed by atoms with van der Waals surface area (Å²) < 4.78 is 5.36. The van der Waals surface area contributed by atoms with Crippen molar-refractivity contribution in [1.29, 1.82) is 5.26 Å². The van der Waals surface area contributed by atoms with Crippen molar-refractivity contribution in [1.82, 2.24) is 10.2 Å². The van der Waals surface area contributed by atoms with Gasteiger partial charge in [-0.05, 0) is 19.4 Å². The monoisotopic (exact) mass is 206 g/mol.